The number of carbonyl (C=O) groups excluding carboxylic acids is 1. The molecule has 0 amide bonds. The van der Waals surface area contributed by atoms with E-state index >= 15 is 0 Å². The minimum atomic E-state index is -0.102. The topological polar surface area (TPSA) is 44.8 Å². The van der Waals surface area contributed by atoms with Crippen LogP contribution in [0.25, 0.3) is 6.08 Å². The quantitative estimate of drug-likeness (QED) is 0.608. The van der Waals surface area contributed by atoms with E-state index in [4.69, 9.17) is 25.8 Å². The van der Waals surface area contributed by atoms with Crippen molar-refractivity contribution < 1.29 is 19.0 Å². The maximum atomic E-state index is 12.4. The molecule has 0 N–H and O–H groups in total. The molecule has 0 saturated carbocycles. The van der Waals surface area contributed by atoms with Crippen LogP contribution in [0, 0.1) is 0 Å². The van der Waals surface area contributed by atoms with Crippen molar-refractivity contribution in [2.24, 2.45) is 0 Å². The predicted molar refractivity (Wildman–Crippen MR) is 95.8 cm³/mol. The number of fused-ring (bicyclic) bond motifs is 2. The van der Waals surface area contributed by atoms with Crippen molar-refractivity contribution in [3.63, 3.8) is 0 Å². The largest absolute Gasteiger partial charge is 0.488 e. The summed E-state index contributed by atoms with van der Waals surface area (Å²) >= 11 is 6.01. The summed E-state index contributed by atoms with van der Waals surface area (Å²) in [7, 11) is 0. The summed E-state index contributed by atoms with van der Waals surface area (Å²) in [4.78, 5) is 12.4. The van der Waals surface area contributed by atoms with E-state index in [0.717, 1.165) is 16.9 Å². The molecule has 4 nitrogen and oxygen atoms in total. The zero-order chi connectivity index (χ0) is 17.2. The number of rotatable bonds is 3. The number of hydrogen-bond acceptors (Lipinski definition) is 4. The third-order valence-electron chi connectivity index (χ3n) is 3.98. The molecule has 0 fully saturated rings. The van der Waals surface area contributed by atoms with Gasteiger partial charge in [-0.25, -0.2) is 0 Å². The van der Waals surface area contributed by atoms with Crippen molar-refractivity contribution in [3.8, 4) is 17.2 Å². The van der Waals surface area contributed by atoms with E-state index in [-0.39, 0.29) is 5.78 Å². The highest BCUT2D eigenvalue weighted by Crippen LogP contribution is 2.31. The van der Waals surface area contributed by atoms with Crippen LogP contribution in [0.5, 0.6) is 17.2 Å². The van der Waals surface area contributed by atoms with Gasteiger partial charge >= 0.3 is 0 Å². The van der Waals surface area contributed by atoms with Gasteiger partial charge in [0.25, 0.3) is 0 Å². The predicted octanol–water partition coefficient (Wildman–Crippen LogP) is 4.33. The Bertz CT molecular complexity index is 899. The zero-order valence-electron chi connectivity index (χ0n) is 13.3. The summed E-state index contributed by atoms with van der Waals surface area (Å²) in [6.45, 7) is 1.44. The molecule has 2 aliphatic rings. The van der Waals surface area contributed by atoms with Gasteiger partial charge in [0.05, 0.1) is 0 Å². The Morgan fingerprint density at radius 3 is 2.64 bits per heavy atom. The first-order valence-corrected chi connectivity index (χ1v) is 8.32. The summed E-state index contributed by atoms with van der Waals surface area (Å²) in [5.41, 5.74) is 2.37. The Labute approximate surface area is 150 Å². The van der Waals surface area contributed by atoms with E-state index in [0.29, 0.717) is 41.9 Å². The monoisotopic (exact) mass is 354 g/mol. The fraction of sp³-hybridized carbons (Fsp3) is 0.150. The van der Waals surface area contributed by atoms with Gasteiger partial charge in [-0.2, -0.15) is 0 Å². The summed E-state index contributed by atoms with van der Waals surface area (Å²) < 4.78 is 16.7. The second-order valence-electron chi connectivity index (χ2n) is 5.75. The van der Waals surface area contributed by atoms with E-state index in [1.165, 1.54) is 6.08 Å². The van der Waals surface area contributed by atoms with Crippen LogP contribution in [0.15, 0.2) is 54.1 Å². The summed E-state index contributed by atoms with van der Waals surface area (Å²) in [6.07, 6.45) is 5.28. The lowest BCUT2D eigenvalue weighted by molar-refractivity contribution is 0.104. The molecule has 0 radical (unpaired) electrons. The van der Waals surface area contributed by atoms with E-state index < -0.39 is 0 Å². The molecule has 2 aromatic rings. The Kier molecular flexibility index (Phi) is 4.20. The van der Waals surface area contributed by atoms with E-state index in [9.17, 15) is 4.79 Å². The molecule has 0 spiro atoms. The highest BCUT2D eigenvalue weighted by Gasteiger charge is 2.14. The van der Waals surface area contributed by atoms with Gasteiger partial charge in [-0.05, 0) is 54.1 Å². The van der Waals surface area contributed by atoms with Gasteiger partial charge in [0, 0.05) is 16.1 Å². The van der Waals surface area contributed by atoms with Crippen LogP contribution in [-0.4, -0.2) is 25.6 Å². The molecule has 0 saturated heterocycles. The molecule has 4 rings (SSSR count). The van der Waals surface area contributed by atoms with Crippen molar-refractivity contribution in [3.05, 3.63) is 70.3 Å². The van der Waals surface area contributed by atoms with Crippen molar-refractivity contribution in [2.75, 3.05) is 19.8 Å². The molecule has 5 heteroatoms. The number of carbonyl (C=O) groups is 1. The van der Waals surface area contributed by atoms with Gasteiger partial charge in [-0.15, -0.1) is 0 Å². The third kappa shape index (κ3) is 3.39. The second kappa shape index (κ2) is 6.65. The fourth-order valence-electron chi connectivity index (χ4n) is 2.74. The van der Waals surface area contributed by atoms with Crippen molar-refractivity contribution >= 4 is 23.5 Å². The van der Waals surface area contributed by atoms with Gasteiger partial charge in [0.1, 0.15) is 25.6 Å². The molecule has 0 aliphatic carbocycles. The normalized spacial score (nSPS) is 15.3. The Hall–Kier alpha value is -2.72. The van der Waals surface area contributed by atoms with Gasteiger partial charge in [0.2, 0.25) is 0 Å². The highest BCUT2D eigenvalue weighted by atomic mass is 35.5. The molecule has 2 heterocycles. The first kappa shape index (κ1) is 15.8. The van der Waals surface area contributed by atoms with Crippen LogP contribution in [0.4, 0.5) is 0 Å². The maximum absolute atomic E-state index is 12.4. The van der Waals surface area contributed by atoms with Gasteiger partial charge in [-0.1, -0.05) is 17.7 Å². The zero-order valence-corrected chi connectivity index (χ0v) is 14.1. The SMILES string of the molecule is O=C(C=CC1=Cc2cc(Cl)ccc2OC1)c1ccc2c(c1)OCCO2. The number of ketones is 1. The number of ether oxygens (including phenoxy) is 3. The van der Waals surface area contributed by atoms with Gasteiger partial charge in [0.15, 0.2) is 17.3 Å². The molecule has 0 unspecified atom stereocenters. The van der Waals surface area contributed by atoms with Crippen LogP contribution in [0.2, 0.25) is 5.02 Å². The van der Waals surface area contributed by atoms with E-state index in [1.54, 1.807) is 30.3 Å². The first-order valence-electron chi connectivity index (χ1n) is 7.94. The molecule has 0 atom stereocenters. The molecule has 126 valence electrons. The number of halogens is 1. The standard InChI is InChI=1S/C20H15ClO4/c21-16-3-6-18-15(10-16)9-13(12-25-18)1-4-17(22)14-2-5-19-20(11-14)24-8-7-23-19/h1-6,9-11H,7-8,12H2. The molecule has 2 aliphatic heterocycles. The highest BCUT2D eigenvalue weighted by molar-refractivity contribution is 6.30. The molecular weight excluding hydrogens is 340 g/mol. The maximum Gasteiger partial charge on any atom is 0.185 e. The van der Waals surface area contributed by atoms with Crippen molar-refractivity contribution in [1.82, 2.24) is 0 Å². The molecule has 2 aromatic carbocycles. The average Bonchev–Trinajstić information content (AvgIpc) is 2.65. The van der Waals surface area contributed by atoms with Crippen LogP contribution >= 0.6 is 11.6 Å². The van der Waals surface area contributed by atoms with Crippen LogP contribution < -0.4 is 14.2 Å². The molecular formula is C20H15ClO4. The molecule has 25 heavy (non-hydrogen) atoms. The van der Waals surface area contributed by atoms with Crippen molar-refractivity contribution in [1.29, 1.82) is 0 Å². The lowest BCUT2D eigenvalue weighted by atomic mass is 10.1. The van der Waals surface area contributed by atoms with E-state index in [2.05, 4.69) is 0 Å². The minimum Gasteiger partial charge on any atom is -0.488 e. The van der Waals surface area contributed by atoms with Crippen molar-refractivity contribution in [2.45, 2.75) is 0 Å². The van der Waals surface area contributed by atoms with Crippen LogP contribution in [0.3, 0.4) is 0 Å². The number of hydrogen-bond donors (Lipinski definition) is 0. The molecule has 0 bridgehead atoms. The lowest BCUT2D eigenvalue weighted by Gasteiger charge is -2.18. The summed E-state index contributed by atoms with van der Waals surface area (Å²) in [6, 6.07) is 10.7. The van der Waals surface area contributed by atoms with E-state index in [1.807, 2.05) is 18.2 Å². The Morgan fingerprint density at radius 1 is 0.960 bits per heavy atom. The second-order valence-corrected chi connectivity index (χ2v) is 6.18. The summed E-state index contributed by atoms with van der Waals surface area (Å²) in [5.74, 6) is 1.97. The minimum absolute atomic E-state index is 0.102. The lowest BCUT2D eigenvalue weighted by Crippen LogP contribution is -2.15. The summed E-state index contributed by atoms with van der Waals surface area (Å²) in [5, 5.41) is 0.649. The number of benzene rings is 2. The smallest absolute Gasteiger partial charge is 0.185 e. The van der Waals surface area contributed by atoms with Gasteiger partial charge < -0.3 is 14.2 Å². The fourth-order valence-corrected chi connectivity index (χ4v) is 2.92. The molecule has 0 aromatic heterocycles. The Morgan fingerprint density at radius 2 is 1.76 bits per heavy atom. The van der Waals surface area contributed by atoms with Gasteiger partial charge in [-0.3, -0.25) is 4.79 Å². The Balaban J connectivity index is 1.53. The first-order chi connectivity index (χ1) is 12.2. The van der Waals surface area contributed by atoms with Crippen LogP contribution in [-0.2, 0) is 0 Å². The number of allylic oxidation sites excluding steroid dienone is 1. The third-order valence-corrected chi connectivity index (χ3v) is 4.22. The average molecular weight is 355 g/mol. The van der Waals surface area contributed by atoms with Crippen LogP contribution in [0.1, 0.15) is 15.9 Å².